The summed E-state index contributed by atoms with van der Waals surface area (Å²) in [5.41, 5.74) is 0.610. The van der Waals surface area contributed by atoms with Crippen LogP contribution in [0.1, 0.15) is 5.56 Å². The van der Waals surface area contributed by atoms with Crippen molar-refractivity contribution >= 4 is 0 Å². The summed E-state index contributed by atoms with van der Waals surface area (Å²) in [5, 5.41) is 0. The lowest BCUT2D eigenvalue weighted by Gasteiger charge is -2.11. The topological polar surface area (TPSA) is 18.5 Å². The zero-order valence-corrected chi connectivity index (χ0v) is 8.39. The van der Waals surface area contributed by atoms with Gasteiger partial charge in [0.25, 0.3) is 0 Å². The van der Waals surface area contributed by atoms with Gasteiger partial charge in [0.15, 0.2) is 6.61 Å². The molecule has 84 valence electrons. The Kier molecular flexibility index (Phi) is 3.44. The maximum Gasteiger partial charge on any atom is 0.422 e. The van der Waals surface area contributed by atoms with Crippen molar-refractivity contribution in [2.75, 3.05) is 13.7 Å². The lowest BCUT2D eigenvalue weighted by atomic mass is 10.2. The molecule has 0 spiro atoms. The average molecular weight is 220 g/mol. The number of hydrogen-bond acceptors (Lipinski definition) is 2. The minimum absolute atomic E-state index is 0.216. The second kappa shape index (κ2) is 4.42. The molecule has 0 aliphatic heterocycles. The van der Waals surface area contributed by atoms with E-state index in [4.69, 9.17) is 4.74 Å². The van der Waals surface area contributed by atoms with Crippen LogP contribution in [0.3, 0.4) is 0 Å². The molecule has 0 unspecified atom stereocenters. The highest BCUT2D eigenvalue weighted by Crippen LogP contribution is 2.25. The summed E-state index contributed by atoms with van der Waals surface area (Å²) in [4.78, 5) is 0. The predicted octanol–water partition coefficient (Wildman–Crippen LogP) is 2.94. The van der Waals surface area contributed by atoms with Gasteiger partial charge in [-0.25, -0.2) is 0 Å². The van der Waals surface area contributed by atoms with Crippen LogP contribution in [0.25, 0.3) is 0 Å². The van der Waals surface area contributed by atoms with Gasteiger partial charge in [-0.05, 0) is 30.7 Å². The van der Waals surface area contributed by atoms with Crippen molar-refractivity contribution in [3.8, 4) is 11.5 Å². The standard InChI is InChI=1S/C10H11F3O2/c1-7-5-8(14-2)3-4-9(7)15-6-10(11,12)13/h3-5H,6H2,1-2H3. The number of ether oxygens (including phenoxy) is 2. The van der Waals surface area contributed by atoms with Gasteiger partial charge in [-0.2, -0.15) is 13.2 Å². The quantitative estimate of drug-likeness (QED) is 0.779. The van der Waals surface area contributed by atoms with E-state index in [-0.39, 0.29) is 5.75 Å². The summed E-state index contributed by atoms with van der Waals surface area (Å²) in [5.74, 6) is 0.806. The van der Waals surface area contributed by atoms with E-state index in [1.54, 1.807) is 19.1 Å². The first kappa shape index (κ1) is 11.7. The van der Waals surface area contributed by atoms with Gasteiger partial charge in [-0.1, -0.05) is 0 Å². The van der Waals surface area contributed by atoms with Crippen LogP contribution in [0.15, 0.2) is 18.2 Å². The van der Waals surface area contributed by atoms with Crippen LogP contribution < -0.4 is 9.47 Å². The van der Waals surface area contributed by atoms with Crippen LogP contribution >= 0.6 is 0 Å². The van der Waals surface area contributed by atoms with E-state index in [2.05, 4.69) is 4.74 Å². The van der Waals surface area contributed by atoms with E-state index in [0.717, 1.165) is 0 Å². The maximum atomic E-state index is 11.9. The Bertz CT molecular complexity index is 334. The van der Waals surface area contributed by atoms with Crippen LogP contribution in [-0.4, -0.2) is 19.9 Å². The highest BCUT2D eigenvalue weighted by Gasteiger charge is 2.28. The number of methoxy groups -OCH3 is 1. The Morgan fingerprint density at radius 2 is 1.93 bits per heavy atom. The van der Waals surface area contributed by atoms with Crippen molar-refractivity contribution in [3.63, 3.8) is 0 Å². The van der Waals surface area contributed by atoms with E-state index < -0.39 is 12.8 Å². The number of alkyl halides is 3. The lowest BCUT2D eigenvalue weighted by Crippen LogP contribution is -2.19. The second-order valence-corrected chi connectivity index (χ2v) is 3.04. The molecule has 2 nitrogen and oxygen atoms in total. The summed E-state index contributed by atoms with van der Waals surface area (Å²) >= 11 is 0. The highest BCUT2D eigenvalue weighted by molar-refractivity contribution is 5.39. The Hall–Kier alpha value is -1.39. The van der Waals surface area contributed by atoms with Crippen LogP contribution in [0.2, 0.25) is 0 Å². The highest BCUT2D eigenvalue weighted by atomic mass is 19.4. The molecule has 0 N–H and O–H groups in total. The predicted molar refractivity (Wildman–Crippen MR) is 49.3 cm³/mol. The molecule has 0 aliphatic carbocycles. The van der Waals surface area contributed by atoms with E-state index in [1.807, 2.05) is 0 Å². The zero-order valence-electron chi connectivity index (χ0n) is 8.39. The van der Waals surface area contributed by atoms with E-state index in [1.165, 1.54) is 13.2 Å². The fourth-order valence-electron chi connectivity index (χ4n) is 1.07. The molecule has 15 heavy (non-hydrogen) atoms. The summed E-state index contributed by atoms with van der Waals surface area (Å²) in [6, 6.07) is 4.63. The van der Waals surface area contributed by atoms with E-state index in [0.29, 0.717) is 11.3 Å². The van der Waals surface area contributed by atoms with Crippen LogP contribution in [-0.2, 0) is 0 Å². The van der Waals surface area contributed by atoms with Gasteiger partial charge in [0.1, 0.15) is 11.5 Å². The third-order valence-electron chi connectivity index (χ3n) is 1.77. The molecule has 0 fully saturated rings. The van der Waals surface area contributed by atoms with Gasteiger partial charge in [0.2, 0.25) is 0 Å². The largest absolute Gasteiger partial charge is 0.497 e. The molecule has 0 atom stereocenters. The molecule has 0 saturated carbocycles. The number of aryl methyl sites for hydroxylation is 1. The molecular weight excluding hydrogens is 209 g/mol. The van der Waals surface area contributed by atoms with Crippen molar-refractivity contribution < 1.29 is 22.6 Å². The summed E-state index contributed by atoms with van der Waals surface area (Å²) in [6.07, 6.45) is -4.31. The summed E-state index contributed by atoms with van der Waals surface area (Å²) in [6.45, 7) is 0.383. The third-order valence-corrected chi connectivity index (χ3v) is 1.77. The molecular formula is C10H11F3O2. The zero-order chi connectivity index (χ0) is 11.5. The smallest absolute Gasteiger partial charge is 0.422 e. The van der Waals surface area contributed by atoms with Gasteiger partial charge in [-0.15, -0.1) is 0 Å². The SMILES string of the molecule is COc1ccc(OCC(F)(F)F)c(C)c1. The van der Waals surface area contributed by atoms with Crippen LogP contribution in [0.4, 0.5) is 13.2 Å². The average Bonchev–Trinajstić information content (AvgIpc) is 2.14. The molecule has 1 aromatic carbocycles. The molecule has 1 rings (SSSR count). The van der Waals surface area contributed by atoms with Gasteiger partial charge in [-0.3, -0.25) is 0 Å². The first-order valence-electron chi connectivity index (χ1n) is 4.26. The second-order valence-electron chi connectivity index (χ2n) is 3.04. The van der Waals surface area contributed by atoms with E-state index >= 15 is 0 Å². The summed E-state index contributed by atoms with van der Waals surface area (Å²) < 4.78 is 45.1. The minimum Gasteiger partial charge on any atom is -0.497 e. The van der Waals surface area contributed by atoms with E-state index in [9.17, 15) is 13.2 Å². The Morgan fingerprint density at radius 1 is 1.27 bits per heavy atom. The molecule has 0 amide bonds. The number of hydrogen-bond donors (Lipinski definition) is 0. The third kappa shape index (κ3) is 3.69. The van der Waals surface area contributed by atoms with Gasteiger partial charge in [0.05, 0.1) is 7.11 Å². The first-order valence-corrected chi connectivity index (χ1v) is 4.26. The number of benzene rings is 1. The van der Waals surface area contributed by atoms with Crippen molar-refractivity contribution in [1.29, 1.82) is 0 Å². The van der Waals surface area contributed by atoms with Crippen molar-refractivity contribution in [1.82, 2.24) is 0 Å². The van der Waals surface area contributed by atoms with Gasteiger partial charge in [0, 0.05) is 0 Å². The van der Waals surface area contributed by atoms with Gasteiger partial charge < -0.3 is 9.47 Å². The van der Waals surface area contributed by atoms with Crippen molar-refractivity contribution in [2.24, 2.45) is 0 Å². The Balaban J connectivity index is 2.70. The summed E-state index contributed by atoms with van der Waals surface area (Å²) in [7, 11) is 1.49. The molecule has 0 aromatic heterocycles. The fraction of sp³-hybridized carbons (Fsp3) is 0.400. The molecule has 0 saturated heterocycles. The minimum atomic E-state index is -4.31. The molecule has 0 radical (unpaired) electrons. The van der Waals surface area contributed by atoms with Gasteiger partial charge >= 0.3 is 6.18 Å². The monoisotopic (exact) mass is 220 g/mol. The fourth-order valence-corrected chi connectivity index (χ4v) is 1.07. The molecule has 0 bridgehead atoms. The normalized spacial score (nSPS) is 11.3. The maximum absolute atomic E-state index is 11.9. The van der Waals surface area contributed by atoms with Crippen molar-refractivity contribution in [3.05, 3.63) is 23.8 Å². The molecule has 0 aliphatic rings. The molecule has 1 aromatic rings. The Labute approximate surface area is 85.6 Å². The number of halogens is 3. The lowest BCUT2D eigenvalue weighted by molar-refractivity contribution is -0.153. The molecule has 5 heteroatoms. The molecule has 0 heterocycles. The van der Waals surface area contributed by atoms with Crippen molar-refractivity contribution in [2.45, 2.75) is 13.1 Å². The number of rotatable bonds is 3. The Morgan fingerprint density at radius 3 is 2.40 bits per heavy atom. The first-order chi connectivity index (χ1) is 6.92. The van der Waals surface area contributed by atoms with Crippen LogP contribution in [0.5, 0.6) is 11.5 Å². The van der Waals surface area contributed by atoms with Crippen LogP contribution in [0, 0.1) is 6.92 Å².